The highest BCUT2D eigenvalue weighted by atomic mass is 35.5. The number of anilines is 1. The largest absolute Gasteiger partial charge is 0.370 e. The molecule has 1 unspecified atom stereocenters. The highest BCUT2D eigenvalue weighted by Crippen LogP contribution is 2.27. The quantitative estimate of drug-likeness (QED) is 0.441. The highest BCUT2D eigenvalue weighted by Gasteiger charge is 2.16. The number of halogens is 1. The molecule has 7 heteroatoms. The van der Waals surface area contributed by atoms with Gasteiger partial charge in [-0.25, -0.2) is 10.4 Å². The predicted molar refractivity (Wildman–Crippen MR) is 118 cm³/mol. The molecule has 0 fully saturated rings. The van der Waals surface area contributed by atoms with Gasteiger partial charge in [-0.1, -0.05) is 42.8 Å². The van der Waals surface area contributed by atoms with Gasteiger partial charge in [-0.2, -0.15) is 0 Å². The third-order valence-electron chi connectivity index (χ3n) is 4.53. The van der Waals surface area contributed by atoms with Crippen LogP contribution in [0, 0.1) is 6.92 Å². The summed E-state index contributed by atoms with van der Waals surface area (Å²) in [7, 11) is 0. The molecule has 2 aromatic carbocycles. The summed E-state index contributed by atoms with van der Waals surface area (Å²) >= 11 is 6.25. The summed E-state index contributed by atoms with van der Waals surface area (Å²) in [6, 6.07) is 14.2. The molecule has 2 aromatic rings. The second kappa shape index (κ2) is 9.59. The number of hydrazine groups is 1. The summed E-state index contributed by atoms with van der Waals surface area (Å²) in [6.45, 7) is 5.71. The minimum absolute atomic E-state index is 0.0889. The molecule has 6 nitrogen and oxygen atoms in total. The summed E-state index contributed by atoms with van der Waals surface area (Å²) < 4.78 is 0. The van der Waals surface area contributed by atoms with E-state index >= 15 is 0 Å². The van der Waals surface area contributed by atoms with E-state index in [4.69, 9.17) is 17.3 Å². The Bertz CT molecular complexity index is 877. The van der Waals surface area contributed by atoms with Crippen LogP contribution < -0.4 is 27.2 Å². The van der Waals surface area contributed by atoms with Crippen LogP contribution in [0.5, 0.6) is 0 Å². The van der Waals surface area contributed by atoms with Crippen LogP contribution in [-0.2, 0) is 6.42 Å². The van der Waals surface area contributed by atoms with E-state index in [2.05, 4.69) is 51.6 Å². The fraction of sp³-hybridized carbons (Fsp3) is 0.286. The molecule has 6 N–H and O–H groups in total. The number of hydrogen-bond donors (Lipinski definition) is 5. The van der Waals surface area contributed by atoms with Crippen molar-refractivity contribution in [3.05, 3.63) is 70.3 Å². The lowest BCUT2D eigenvalue weighted by molar-refractivity contribution is 0.562. The summed E-state index contributed by atoms with van der Waals surface area (Å²) in [5.41, 5.74) is 17.4. The Morgan fingerprint density at radius 3 is 2.86 bits per heavy atom. The molecule has 1 heterocycles. The van der Waals surface area contributed by atoms with Crippen molar-refractivity contribution >= 4 is 28.9 Å². The van der Waals surface area contributed by atoms with E-state index in [0.29, 0.717) is 5.96 Å². The topological polar surface area (TPSA) is 86.5 Å². The summed E-state index contributed by atoms with van der Waals surface area (Å²) in [4.78, 5) is 4.44. The molecule has 1 aliphatic rings. The summed E-state index contributed by atoms with van der Waals surface area (Å²) in [6.07, 6.45) is 2.85. The Morgan fingerprint density at radius 1 is 1.21 bits per heavy atom. The van der Waals surface area contributed by atoms with Crippen LogP contribution in [-0.4, -0.2) is 25.2 Å². The van der Waals surface area contributed by atoms with Crippen LogP contribution in [0.1, 0.15) is 23.6 Å². The standard InChI is InChI=1S/C21H27ClN6/c1-3-25-28-16-7-4-6-15(12-16)10-11-24-20-13-19(26-21(23)27-20)17-8-5-9-18(22)14(17)2/h4-9,12-13,20,24-25,28H,3,10-11H2,1-2H3,(H3,23,26,27). The normalized spacial score (nSPS) is 16.2. The molecule has 0 saturated carbocycles. The maximum absolute atomic E-state index is 6.25. The van der Waals surface area contributed by atoms with Crippen molar-refractivity contribution < 1.29 is 0 Å². The molecule has 0 radical (unpaired) electrons. The van der Waals surface area contributed by atoms with Crippen LogP contribution in [0.4, 0.5) is 5.69 Å². The van der Waals surface area contributed by atoms with Crippen molar-refractivity contribution in [3.63, 3.8) is 0 Å². The van der Waals surface area contributed by atoms with Crippen LogP contribution >= 0.6 is 11.6 Å². The maximum Gasteiger partial charge on any atom is 0.195 e. The minimum atomic E-state index is -0.0889. The number of nitrogens with zero attached hydrogens (tertiary/aromatic N) is 1. The molecule has 1 atom stereocenters. The first-order chi connectivity index (χ1) is 13.6. The number of nitrogens with two attached hydrogens (primary N) is 1. The van der Waals surface area contributed by atoms with Crippen LogP contribution in [0.3, 0.4) is 0 Å². The average Bonchev–Trinajstić information content (AvgIpc) is 2.68. The van der Waals surface area contributed by atoms with E-state index in [1.54, 1.807) is 0 Å². The van der Waals surface area contributed by atoms with Gasteiger partial charge in [0.25, 0.3) is 0 Å². The number of nitrogens with one attached hydrogen (secondary N) is 4. The van der Waals surface area contributed by atoms with E-state index in [0.717, 1.165) is 47.0 Å². The van der Waals surface area contributed by atoms with Crippen molar-refractivity contribution in [2.45, 2.75) is 26.4 Å². The Morgan fingerprint density at radius 2 is 2.04 bits per heavy atom. The van der Waals surface area contributed by atoms with Gasteiger partial charge in [0.05, 0.1) is 5.70 Å². The van der Waals surface area contributed by atoms with Gasteiger partial charge in [0.2, 0.25) is 0 Å². The van der Waals surface area contributed by atoms with E-state index in [1.807, 2.05) is 37.3 Å². The molecule has 0 spiro atoms. The van der Waals surface area contributed by atoms with E-state index in [-0.39, 0.29) is 6.17 Å². The number of rotatable bonds is 8. The van der Waals surface area contributed by atoms with Gasteiger partial charge >= 0.3 is 0 Å². The zero-order chi connectivity index (χ0) is 19.9. The molecule has 0 aliphatic carbocycles. The van der Waals surface area contributed by atoms with Crippen molar-refractivity contribution in [2.75, 3.05) is 18.5 Å². The second-order valence-corrected chi connectivity index (χ2v) is 7.05. The van der Waals surface area contributed by atoms with Gasteiger partial charge in [-0.05, 0) is 48.7 Å². The fourth-order valence-electron chi connectivity index (χ4n) is 3.07. The summed E-state index contributed by atoms with van der Waals surface area (Å²) in [5, 5.41) is 7.36. The molecule has 0 amide bonds. The Hall–Kier alpha value is -2.54. The van der Waals surface area contributed by atoms with E-state index < -0.39 is 0 Å². The smallest absolute Gasteiger partial charge is 0.195 e. The SMILES string of the molecule is CCNNc1cccc(CCNC2C=C(c3cccc(Cl)c3C)N=C(N)N2)c1. The monoisotopic (exact) mass is 398 g/mol. The average molecular weight is 399 g/mol. The van der Waals surface area contributed by atoms with Crippen molar-refractivity contribution in [3.8, 4) is 0 Å². The lowest BCUT2D eigenvalue weighted by atomic mass is 10.0. The van der Waals surface area contributed by atoms with Gasteiger partial charge in [-0.3, -0.25) is 5.32 Å². The zero-order valence-electron chi connectivity index (χ0n) is 16.2. The molecule has 0 saturated heterocycles. The van der Waals surface area contributed by atoms with Crippen molar-refractivity contribution in [1.29, 1.82) is 0 Å². The number of hydrogen-bond acceptors (Lipinski definition) is 6. The van der Waals surface area contributed by atoms with Crippen molar-refractivity contribution in [1.82, 2.24) is 16.1 Å². The lowest BCUT2D eigenvalue weighted by Crippen LogP contribution is -2.49. The molecule has 0 bridgehead atoms. The highest BCUT2D eigenvalue weighted by molar-refractivity contribution is 6.31. The molecular weight excluding hydrogens is 372 g/mol. The van der Waals surface area contributed by atoms with Crippen LogP contribution in [0.2, 0.25) is 5.02 Å². The number of benzene rings is 2. The third-order valence-corrected chi connectivity index (χ3v) is 4.94. The van der Waals surface area contributed by atoms with E-state index in [1.165, 1.54) is 5.56 Å². The van der Waals surface area contributed by atoms with Gasteiger partial charge in [-0.15, -0.1) is 0 Å². The van der Waals surface area contributed by atoms with Crippen LogP contribution in [0.15, 0.2) is 53.5 Å². The predicted octanol–water partition coefficient (Wildman–Crippen LogP) is 3.00. The third kappa shape index (κ3) is 5.25. The number of guanidine groups is 1. The Labute approximate surface area is 171 Å². The second-order valence-electron chi connectivity index (χ2n) is 6.64. The maximum atomic E-state index is 6.25. The molecule has 0 aromatic heterocycles. The van der Waals surface area contributed by atoms with Gasteiger partial charge in [0.1, 0.15) is 6.17 Å². The van der Waals surface area contributed by atoms with Gasteiger partial charge < -0.3 is 16.5 Å². The lowest BCUT2D eigenvalue weighted by Gasteiger charge is -2.23. The van der Waals surface area contributed by atoms with Crippen LogP contribution in [0.25, 0.3) is 5.70 Å². The molecular formula is C21H27ClN6. The van der Waals surface area contributed by atoms with Gasteiger partial charge in [0, 0.05) is 29.4 Å². The number of aliphatic imine (C=N–C) groups is 1. The molecule has 28 heavy (non-hydrogen) atoms. The molecule has 148 valence electrons. The Balaban J connectivity index is 1.62. The molecule has 3 rings (SSSR count). The first-order valence-electron chi connectivity index (χ1n) is 9.46. The Kier molecular flexibility index (Phi) is 6.92. The van der Waals surface area contributed by atoms with Gasteiger partial charge in [0.15, 0.2) is 5.96 Å². The van der Waals surface area contributed by atoms with E-state index in [9.17, 15) is 0 Å². The molecule has 1 aliphatic heterocycles. The zero-order valence-corrected chi connectivity index (χ0v) is 17.0. The summed E-state index contributed by atoms with van der Waals surface area (Å²) in [5.74, 6) is 0.395. The fourth-order valence-corrected chi connectivity index (χ4v) is 3.24. The minimum Gasteiger partial charge on any atom is -0.370 e. The van der Waals surface area contributed by atoms with Crippen molar-refractivity contribution in [2.24, 2.45) is 10.7 Å². The first-order valence-corrected chi connectivity index (χ1v) is 9.84. The first kappa shape index (κ1) is 20.2.